The first kappa shape index (κ1) is 19.4. The van der Waals surface area contributed by atoms with Gasteiger partial charge in [-0.3, -0.25) is 9.69 Å². The van der Waals surface area contributed by atoms with Gasteiger partial charge in [0.05, 0.1) is 13.2 Å². The highest BCUT2D eigenvalue weighted by atomic mass is 16.5. The zero-order valence-corrected chi connectivity index (χ0v) is 16.4. The van der Waals surface area contributed by atoms with Crippen molar-refractivity contribution in [3.05, 3.63) is 65.7 Å². The van der Waals surface area contributed by atoms with Crippen LogP contribution in [-0.2, 0) is 11.3 Å². The molecule has 2 aromatic carbocycles. The number of hydrogen-bond acceptors (Lipinski definition) is 3. The Morgan fingerprint density at radius 1 is 1.11 bits per heavy atom. The number of hydrogen-bond donors (Lipinski definition) is 1. The average Bonchev–Trinajstić information content (AvgIpc) is 2.73. The molecule has 0 saturated carbocycles. The minimum absolute atomic E-state index is 0.0609. The lowest BCUT2D eigenvalue weighted by Gasteiger charge is -2.32. The number of nitrogens with one attached hydrogen (secondary N) is 1. The van der Waals surface area contributed by atoms with E-state index >= 15 is 0 Å². The average molecular weight is 367 g/mol. The first-order valence-electron chi connectivity index (χ1n) is 9.90. The molecule has 1 atom stereocenters. The second kappa shape index (κ2) is 9.56. The van der Waals surface area contributed by atoms with Gasteiger partial charge in [0, 0.05) is 12.5 Å². The lowest BCUT2D eigenvalue weighted by Crippen LogP contribution is -2.41. The third kappa shape index (κ3) is 5.33. The number of likely N-dealkylation sites (tertiary alicyclic amines) is 1. The molecule has 1 saturated heterocycles. The first-order chi connectivity index (χ1) is 13.2. The van der Waals surface area contributed by atoms with Crippen molar-refractivity contribution in [1.29, 1.82) is 0 Å². The van der Waals surface area contributed by atoms with Gasteiger partial charge in [-0.05, 0) is 55.6 Å². The van der Waals surface area contributed by atoms with Crippen LogP contribution in [0.5, 0.6) is 5.75 Å². The maximum Gasteiger partial charge on any atom is 0.223 e. The summed E-state index contributed by atoms with van der Waals surface area (Å²) in [6.07, 6.45) is 2.74. The highest BCUT2D eigenvalue weighted by molar-refractivity contribution is 5.79. The van der Waals surface area contributed by atoms with Crippen LogP contribution in [0.1, 0.15) is 43.4 Å². The molecule has 0 aromatic heterocycles. The fourth-order valence-electron chi connectivity index (χ4n) is 3.74. The molecule has 4 nitrogen and oxygen atoms in total. The van der Waals surface area contributed by atoms with Crippen molar-refractivity contribution in [3.63, 3.8) is 0 Å². The first-order valence-corrected chi connectivity index (χ1v) is 9.90. The maximum absolute atomic E-state index is 12.8. The molecule has 0 aliphatic carbocycles. The molecule has 1 aliphatic rings. The SMILES string of the molecule is CC[C@H](NC(=O)C1CCN(Cc2ccccc2)CC1)c1ccc(OC)cc1. The zero-order valence-electron chi connectivity index (χ0n) is 16.4. The molecule has 1 fully saturated rings. The number of piperidine rings is 1. The Balaban J connectivity index is 1.50. The minimum atomic E-state index is 0.0609. The smallest absolute Gasteiger partial charge is 0.223 e. The molecule has 0 bridgehead atoms. The molecule has 1 N–H and O–H groups in total. The number of carbonyl (C=O) groups excluding carboxylic acids is 1. The summed E-state index contributed by atoms with van der Waals surface area (Å²) >= 11 is 0. The molecule has 1 amide bonds. The van der Waals surface area contributed by atoms with E-state index in [1.54, 1.807) is 7.11 Å². The van der Waals surface area contributed by atoms with Crippen LogP contribution in [0.25, 0.3) is 0 Å². The van der Waals surface area contributed by atoms with E-state index in [1.807, 2.05) is 30.3 Å². The molecule has 3 rings (SSSR count). The lowest BCUT2D eigenvalue weighted by molar-refractivity contribution is -0.127. The summed E-state index contributed by atoms with van der Waals surface area (Å²) in [5.41, 5.74) is 2.47. The van der Waals surface area contributed by atoms with Gasteiger partial charge < -0.3 is 10.1 Å². The monoisotopic (exact) mass is 366 g/mol. The molecule has 144 valence electrons. The molecular weight excluding hydrogens is 336 g/mol. The Kier molecular flexibility index (Phi) is 6.88. The minimum Gasteiger partial charge on any atom is -0.497 e. The van der Waals surface area contributed by atoms with Gasteiger partial charge in [-0.25, -0.2) is 0 Å². The van der Waals surface area contributed by atoms with E-state index in [0.29, 0.717) is 0 Å². The molecule has 0 radical (unpaired) electrons. The summed E-state index contributed by atoms with van der Waals surface area (Å²) in [5, 5.41) is 3.26. The van der Waals surface area contributed by atoms with E-state index in [4.69, 9.17) is 4.74 Å². The fourth-order valence-corrected chi connectivity index (χ4v) is 3.74. The third-order valence-corrected chi connectivity index (χ3v) is 5.45. The van der Waals surface area contributed by atoms with E-state index in [0.717, 1.165) is 50.2 Å². The van der Waals surface area contributed by atoms with Crippen LogP contribution in [0.15, 0.2) is 54.6 Å². The fraction of sp³-hybridized carbons (Fsp3) is 0.435. The Hall–Kier alpha value is -2.33. The Morgan fingerprint density at radius 2 is 1.78 bits per heavy atom. The van der Waals surface area contributed by atoms with Gasteiger partial charge in [0.25, 0.3) is 0 Å². The summed E-state index contributed by atoms with van der Waals surface area (Å²) < 4.78 is 5.22. The van der Waals surface area contributed by atoms with Crippen molar-refractivity contribution in [2.24, 2.45) is 5.92 Å². The van der Waals surface area contributed by atoms with E-state index < -0.39 is 0 Å². The summed E-state index contributed by atoms with van der Waals surface area (Å²) in [4.78, 5) is 15.2. The van der Waals surface area contributed by atoms with Crippen molar-refractivity contribution in [3.8, 4) is 5.75 Å². The van der Waals surface area contributed by atoms with Crippen LogP contribution < -0.4 is 10.1 Å². The van der Waals surface area contributed by atoms with Crippen LogP contribution in [0.4, 0.5) is 0 Å². The number of nitrogens with zero attached hydrogens (tertiary/aromatic N) is 1. The summed E-state index contributed by atoms with van der Waals surface area (Å²) in [7, 11) is 1.66. The highest BCUT2D eigenvalue weighted by Gasteiger charge is 2.26. The molecule has 1 heterocycles. The Morgan fingerprint density at radius 3 is 2.37 bits per heavy atom. The van der Waals surface area contributed by atoms with E-state index in [2.05, 4.69) is 41.4 Å². The van der Waals surface area contributed by atoms with Crippen molar-refractivity contribution < 1.29 is 9.53 Å². The quantitative estimate of drug-likeness (QED) is 0.799. The molecule has 0 unspecified atom stereocenters. The van der Waals surface area contributed by atoms with Crippen LogP contribution in [0.2, 0.25) is 0 Å². The molecule has 2 aromatic rings. The number of ether oxygens (including phenoxy) is 1. The predicted molar refractivity (Wildman–Crippen MR) is 109 cm³/mol. The largest absolute Gasteiger partial charge is 0.497 e. The van der Waals surface area contributed by atoms with Crippen molar-refractivity contribution in [2.75, 3.05) is 20.2 Å². The van der Waals surface area contributed by atoms with E-state index in [9.17, 15) is 4.79 Å². The standard InChI is InChI=1S/C23H30N2O2/c1-3-22(19-9-11-21(27-2)12-10-19)24-23(26)20-13-15-25(16-14-20)17-18-7-5-4-6-8-18/h4-12,20,22H,3,13-17H2,1-2H3,(H,24,26)/t22-/m0/s1. The van der Waals surface area contributed by atoms with Gasteiger partial charge in [-0.15, -0.1) is 0 Å². The van der Waals surface area contributed by atoms with Crippen molar-refractivity contribution in [1.82, 2.24) is 10.2 Å². The van der Waals surface area contributed by atoms with Gasteiger partial charge in [0.1, 0.15) is 5.75 Å². The number of benzene rings is 2. The molecule has 27 heavy (non-hydrogen) atoms. The zero-order chi connectivity index (χ0) is 19.1. The maximum atomic E-state index is 12.8. The van der Waals surface area contributed by atoms with Gasteiger partial charge in [-0.1, -0.05) is 49.4 Å². The normalized spacial score (nSPS) is 16.7. The third-order valence-electron chi connectivity index (χ3n) is 5.45. The van der Waals surface area contributed by atoms with Gasteiger partial charge in [0.15, 0.2) is 0 Å². The molecule has 4 heteroatoms. The molecule has 0 spiro atoms. The van der Waals surface area contributed by atoms with Crippen molar-refractivity contribution >= 4 is 5.91 Å². The van der Waals surface area contributed by atoms with Gasteiger partial charge in [-0.2, -0.15) is 0 Å². The summed E-state index contributed by atoms with van der Waals surface area (Å²) in [5.74, 6) is 1.15. The van der Waals surface area contributed by atoms with Gasteiger partial charge in [0.2, 0.25) is 5.91 Å². The number of rotatable bonds is 7. The van der Waals surface area contributed by atoms with Crippen LogP contribution in [-0.4, -0.2) is 31.0 Å². The number of amides is 1. The van der Waals surface area contributed by atoms with Crippen LogP contribution >= 0.6 is 0 Å². The Labute approximate surface area is 162 Å². The van der Waals surface area contributed by atoms with E-state index in [-0.39, 0.29) is 17.9 Å². The van der Waals surface area contributed by atoms with Crippen LogP contribution in [0, 0.1) is 5.92 Å². The molecule has 1 aliphatic heterocycles. The van der Waals surface area contributed by atoms with Crippen molar-refractivity contribution in [2.45, 2.75) is 38.8 Å². The second-order valence-electron chi connectivity index (χ2n) is 7.28. The lowest BCUT2D eigenvalue weighted by atomic mass is 9.94. The molecular formula is C23H30N2O2. The second-order valence-corrected chi connectivity index (χ2v) is 7.28. The number of methoxy groups -OCH3 is 1. The number of carbonyl (C=O) groups is 1. The highest BCUT2D eigenvalue weighted by Crippen LogP contribution is 2.23. The predicted octanol–water partition coefficient (Wildman–Crippen LogP) is 4.17. The van der Waals surface area contributed by atoms with E-state index in [1.165, 1.54) is 5.56 Å². The topological polar surface area (TPSA) is 41.6 Å². The summed E-state index contributed by atoms with van der Waals surface area (Å²) in [6.45, 7) is 5.04. The van der Waals surface area contributed by atoms with Crippen LogP contribution in [0.3, 0.4) is 0 Å². The Bertz CT molecular complexity index is 707. The van der Waals surface area contributed by atoms with Gasteiger partial charge >= 0.3 is 0 Å². The summed E-state index contributed by atoms with van der Waals surface area (Å²) in [6, 6.07) is 18.6.